The first-order valence-corrected chi connectivity index (χ1v) is 9.77. The molecule has 8 heteroatoms. The van der Waals surface area contributed by atoms with Crippen molar-refractivity contribution in [1.82, 2.24) is 20.1 Å². The summed E-state index contributed by atoms with van der Waals surface area (Å²) >= 11 is 1.51. The van der Waals surface area contributed by atoms with Crippen LogP contribution < -0.4 is 10.2 Å². The van der Waals surface area contributed by atoms with Crippen LogP contribution in [-0.4, -0.2) is 52.3 Å². The van der Waals surface area contributed by atoms with Crippen LogP contribution in [0.1, 0.15) is 11.4 Å². The molecule has 1 aliphatic heterocycles. The lowest BCUT2D eigenvalue weighted by molar-refractivity contribution is 0.208. The molecule has 0 radical (unpaired) electrons. The molecule has 0 saturated carbocycles. The number of hydrogen-bond donors (Lipinski definition) is 2. The fourth-order valence-electron chi connectivity index (χ4n) is 3.10. The molecule has 7 nitrogen and oxygen atoms in total. The summed E-state index contributed by atoms with van der Waals surface area (Å²) in [5.74, 6) is 0.943. The first-order valence-electron chi connectivity index (χ1n) is 8.96. The fraction of sp³-hybridized carbons (Fsp3) is 0.316. The smallest absolute Gasteiger partial charge is 0.322 e. The van der Waals surface area contributed by atoms with Gasteiger partial charge in [-0.2, -0.15) is 5.10 Å². The third-order valence-electron chi connectivity index (χ3n) is 4.62. The van der Waals surface area contributed by atoms with E-state index < -0.39 is 0 Å². The van der Waals surface area contributed by atoms with Crippen LogP contribution in [0.25, 0.3) is 10.6 Å². The molecule has 0 unspecified atom stereocenters. The van der Waals surface area contributed by atoms with Gasteiger partial charge < -0.3 is 9.80 Å². The number of rotatable bonds is 3. The quantitative estimate of drug-likeness (QED) is 0.727. The summed E-state index contributed by atoms with van der Waals surface area (Å²) in [4.78, 5) is 21.3. The molecule has 2 N–H and O–H groups in total. The van der Waals surface area contributed by atoms with Crippen molar-refractivity contribution >= 4 is 28.2 Å². The number of nitrogens with zero attached hydrogens (tertiary/aromatic N) is 4. The molecule has 3 heterocycles. The molecule has 0 spiro atoms. The number of anilines is 2. The molecule has 3 aromatic rings. The Kier molecular flexibility index (Phi) is 4.81. The molecule has 2 aromatic heterocycles. The first kappa shape index (κ1) is 17.5. The topological polar surface area (TPSA) is 77.2 Å². The van der Waals surface area contributed by atoms with Crippen molar-refractivity contribution < 1.29 is 4.79 Å². The third-order valence-corrected chi connectivity index (χ3v) is 5.74. The number of nitrogens with one attached hydrogen (secondary N) is 2. The van der Waals surface area contributed by atoms with Gasteiger partial charge in [0.15, 0.2) is 5.82 Å². The molecule has 2 amide bonds. The van der Waals surface area contributed by atoms with Crippen molar-refractivity contribution in [3.8, 4) is 10.6 Å². The number of urea groups is 1. The minimum atomic E-state index is -0.0702. The predicted octanol–water partition coefficient (Wildman–Crippen LogP) is 3.50. The van der Waals surface area contributed by atoms with E-state index in [-0.39, 0.29) is 6.03 Å². The normalized spacial score (nSPS) is 14.4. The summed E-state index contributed by atoms with van der Waals surface area (Å²) in [6, 6.07) is 12.0. The number of hydrogen-bond acceptors (Lipinski definition) is 5. The maximum Gasteiger partial charge on any atom is 0.322 e. The Hall–Kier alpha value is -2.87. The minimum Gasteiger partial charge on any atom is -0.352 e. The summed E-state index contributed by atoms with van der Waals surface area (Å²) in [5, 5.41) is 12.0. The molecule has 27 heavy (non-hydrogen) atoms. The number of carbonyl (C=O) groups excluding carboxylic acids is 1. The Morgan fingerprint density at radius 1 is 1.15 bits per heavy atom. The minimum absolute atomic E-state index is 0.0702. The second kappa shape index (κ2) is 7.40. The van der Waals surface area contributed by atoms with Crippen LogP contribution in [0.15, 0.2) is 36.4 Å². The average molecular weight is 382 g/mol. The van der Waals surface area contributed by atoms with E-state index in [4.69, 9.17) is 0 Å². The number of benzene rings is 1. The van der Waals surface area contributed by atoms with E-state index in [0.717, 1.165) is 45.9 Å². The molecule has 1 fully saturated rings. The van der Waals surface area contributed by atoms with Crippen molar-refractivity contribution in [2.45, 2.75) is 13.8 Å². The van der Waals surface area contributed by atoms with Gasteiger partial charge in [-0.15, -0.1) is 0 Å². The summed E-state index contributed by atoms with van der Waals surface area (Å²) in [7, 11) is 0. The van der Waals surface area contributed by atoms with Crippen LogP contribution in [-0.2, 0) is 0 Å². The lowest BCUT2D eigenvalue weighted by atomic mass is 10.2. The highest BCUT2D eigenvalue weighted by atomic mass is 32.1. The van der Waals surface area contributed by atoms with Crippen molar-refractivity contribution in [3.05, 3.63) is 47.8 Å². The molecule has 1 aromatic carbocycles. The van der Waals surface area contributed by atoms with Gasteiger partial charge in [-0.05, 0) is 13.8 Å². The summed E-state index contributed by atoms with van der Waals surface area (Å²) in [6.45, 7) is 6.79. The molecular formula is C19H22N6OS. The lowest BCUT2D eigenvalue weighted by Gasteiger charge is -2.34. The van der Waals surface area contributed by atoms with Gasteiger partial charge in [-0.25, -0.2) is 9.78 Å². The molecule has 1 saturated heterocycles. The standard InChI is InChI=1S/C19H22N6OS/c1-13-12-16(23-22-13)24-8-10-25(11-9-24)19(26)21-17-14(2)20-18(27-17)15-6-4-3-5-7-15/h3-7,12H,8-11H2,1-2H3,(H,21,26)(H,22,23). The van der Waals surface area contributed by atoms with Gasteiger partial charge in [0.1, 0.15) is 10.0 Å². The second-order valence-corrected chi connectivity index (χ2v) is 7.61. The SMILES string of the molecule is Cc1cc(N2CCN(C(=O)Nc3sc(-c4ccccc4)nc3C)CC2)n[nH]1. The average Bonchev–Trinajstić information content (AvgIpc) is 3.29. The van der Waals surface area contributed by atoms with Gasteiger partial charge in [-0.1, -0.05) is 41.7 Å². The van der Waals surface area contributed by atoms with Crippen LogP contribution in [0.3, 0.4) is 0 Å². The highest BCUT2D eigenvalue weighted by Gasteiger charge is 2.23. The number of piperazine rings is 1. The Morgan fingerprint density at radius 2 is 1.89 bits per heavy atom. The second-order valence-electron chi connectivity index (χ2n) is 6.61. The molecular weight excluding hydrogens is 360 g/mol. The van der Waals surface area contributed by atoms with E-state index in [1.807, 2.05) is 55.1 Å². The van der Waals surface area contributed by atoms with E-state index in [2.05, 4.69) is 25.4 Å². The lowest BCUT2D eigenvalue weighted by Crippen LogP contribution is -2.50. The van der Waals surface area contributed by atoms with Gasteiger partial charge in [0.05, 0.1) is 5.69 Å². The Labute approximate surface area is 162 Å². The van der Waals surface area contributed by atoms with Crippen LogP contribution in [0.4, 0.5) is 15.6 Å². The van der Waals surface area contributed by atoms with Gasteiger partial charge in [-0.3, -0.25) is 10.4 Å². The molecule has 0 bridgehead atoms. The van der Waals surface area contributed by atoms with Gasteiger partial charge >= 0.3 is 6.03 Å². The number of aromatic nitrogens is 3. The van der Waals surface area contributed by atoms with Crippen molar-refractivity contribution in [2.75, 3.05) is 36.4 Å². The third kappa shape index (κ3) is 3.80. The van der Waals surface area contributed by atoms with Crippen LogP contribution in [0.5, 0.6) is 0 Å². The zero-order valence-electron chi connectivity index (χ0n) is 15.4. The number of carbonyl (C=O) groups is 1. The van der Waals surface area contributed by atoms with E-state index >= 15 is 0 Å². The zero-order valence-corrected chi connectivity index (χ0v) is 16.2. The van der Waals surface area contributed by atoms with Crippen LogP contribution >= 0.6 is 11.3 Å². The van der Waals surface area contributed by atoms with Crippen LogP contribution in [0.2, 0.25) is 0 Å². The Balaban J connectivity index is 1.38. The molecule has 0 aliphatic carbocycles. The van der Waals surface area contributed by atoms with E-state index in [1.165, 1.54) is 11.3 Å². The summed E-state index contributed by atoms with van der Waals surface area (Å²) < 4.78 is 0. The van der Waals surface area contributed by atoms with Gasteiger partial charge in [0.2, 0.25) is 0 Å². The molecule has 1 aliphatic rings. The zero-order chi connectivity index (χ0) is 18.8. The summed E-state index contributed by atoms with van der Waals surface area (Å²) in [6.07, 6.45) is 0. The van der Waals surface area contributed by atoms with E-state index in [1.54, 1.807) is 0 Å². The molecule has 0 atom stereocenters. The number of aromatic amines is 1. The number of amides is 2. The van der Waals surface area contributed by atoms with Gasteiger partial charge in [0.25, 0.3) is 0 Å². The highest BCUT2D eigenvalue weighted by molar-refractivity contribution is 7.19. The number of H-pyrrole nitrogens is 1. The van der Waals surface area contributed by atoms with Crippen molar-refractivity contribution in [1.29, 1.82) is 0 Å². The Morgan fingerprint density at radius 3 is 2.56 bits per heavy atom. The monoisotopic (exact) mass is 382 g/mol. The maximum atomic E-state index is 12.7. The number of aryl methyl sites for hydroxylation is 2. The largest absolute Gasteiger partial charge is 0.352 e. The molecule has 4 rings (SSSR count). The maximum absolute atomic E-state index is 12.7. The summed E-state index contributed by atoms with van der Waals surface area (Å²) in [5.41, 5.74) is 2.95. The number of thiazole rings is 1. The van der Waals surface area contributed by atoms with E-state index in [9.17, 15) is 4.79 Å². The first-order chi connectivity index (χ1) is 13.1. The Bertz CT molecular complexity index is 927. The van der Waals surface area contributed by atoms with E-state index in [0.29, 0.717) is 13.1 Å². The van der Waals surface area contributed by atoms with Crippen LogP contribution in [0, 0.1) is 13.8 Å². The predicted molar refractivity (Wildman–Crippen MR) is 108 cm³/mol. The van der Waals surface area contributed by atoms with Crippen molar-refractivity contribution in [2.24, 2.45) is 0 Å². The van der Waals surface area contributed by atoms with Crippen molar-refractivity contribution in [3.63, 3.8) is 0 Å². The van der Waals surface area contributed by atoms with Gasteiger partial charge in [0, 0.05) is 43.5 Å². The fourth-order valence-corrected chi connectivity index (χ4v) is 4.06. The molecule has 140 valence electrons. The highest BCUT2D eigenvalue weighted by Crippen LogP contribution is 2.31.